The highest BCUT2D eigenvalue weighted by molar-refractivity contribution is 5.86. The lowest BCUT2D eigenvalue weighted by molar-refractivity contribution is -0.129. The Morgan fingerprint density at radius 1 is 1.27 bits per heavy atom. The molecule has 0 unspecified atom stereocenters. The van der Waals surface area contributed by atoms with Crippen molar-refractivity contribution in [3.63, 3.8) is 0 Å². The number of para-hydroxylation sites is 1. The molecule has 1 aromatic carbocycles. The average Bonchev–Trinajstić information content (AvgIpc) is 2.18. The molecular weight excluding hydrogens is 201 g/mol. The molecule has 0 aliphatic heterocycles. The van der Waals surface area contributed by atoms with E-state index in [2.05, 4.69) is 0 Å². The van der Waals surface area contributed by atoms with Crippen molar-refractivity contribution in [2.24, 2.45) is 0 Å². The van der Waals surface area contributed by atoms with Gasteiger partial charge in [-0.3, -0.25) is 9.69 Å². The highest BCUT2D eigenvalue weighted by atomic mass is 19.1. The molecule has 0 atom stereocenters. The first-order chi connectivity index (χ1) is 7.11. The molecule has 15 heavy (non-hydrogen) atoms. The van der Waals surface area contributed by atoms with Gasteiger partial charge in [0, 0.05) is 12.2 Å². The van der Waals surface area contributed by atoms with Crippen molar-refractivity contribution in [1.29, 1.82) is 0 Å². The number of carbonyl (C=O) groups excluding carboxylic acids is 1. The third-order valence-electron chi connectivity index (χ3n) is 1.83. The number of carboxylic acid groups (broad SMARTS) is 1. The molecule has 0 aliphatic rings. The first kappa shape index (κ1) is 11.2. The molecule has 4 nitrogen and oxygen atoms in total. The number of nitrogens with zero attached hydrogens (tertiary/aromatic N) is 1. The maximum atomic E-state index is 12.0. The molecule has 0 aliphatic carbocycles. The van der Waals surface area contributed by atoms with Crippen LogP contribution in [0.1, 0.15) is 6.42 Å². The second-order valence-electron chi connectivity index (χ2n) is 2.87. The summed E-state index contributed by atoms with van der Waals surface area (Å²) in [4.78, 5) is 21.8. The lowest BCUT2D eigenvalue weighted by Gasteiger charge is -2.17. The maximum Gasteiger partial charge on any atom is 0.411 e. The lowest BCUT2D eigenvalue weighted by atomic mass is 10.3. The molecule has 0 radical (unpaired) electrons. The van der Waals surface area contributed by atoms with Crippen LogP contribution in [0, 0.1) is 0 Å². The van der Waals surface area contributed by atoms with Crippen LogP contribution in [0.25, 0.3) is 0 Å². The van der Waals surface area contributed by atoms with Crippen molar-refractivity contribution in [3.8, 4) is 0 Å². The molecule has 1 amide bonds. The van der Waals surface area contributed by atoms with Crippen LogP contribution >= 0.6 is 0 Å². The topological polar surface area (TPSA) is 57.6 Å². The number of amides is 1. The zero-order valence-corrected chi connectivity index (χ0v) is 7.89. The quantitative estimate of drug-likeness (QED) is 0.775. The van der Waals surface area contributed by atoms with Gasteiger partial charge in [0.2, 0.25) is 0 Å². The Kier molecular flexibility index (Phi) is 3.79. The van der Waals surface area contributed by atoms with E-state index in [0.29, 0.717) is 5.69 Å². The SMILES string of the molecule is O=C(F)CCN(C(=O)O)c1ccccc1. The monoisotopic (exact) mass is 211 g/mol. The fourth-order valence-corrected chi connectivity index (χ4v) is 1.14. The summed E-state index contributed by atoms with van der Waals surface area (Å²) in [6.45, 7) is -0.172. The largest absolute Gasteiger partial charge is 0.465 e. The van der Waals surface area contributed by atoms with Crippen molar-refractivity contribution in [2.45, 2.75) is 6.42 Å². The number of rotatable bonds is 4. The Labute approximate surface area is 85.9 Å². The summed E-state index contributed by atoms with van der Waals surface area (Å²) in [5.41, 5.74) is 0.422. The van der Waals surface area contributed by atoms with Crippen LogP contribution in [0.2, 0.25) is 0 Å². The van der Waals surface area contributed by atoms with Crippen molar-refractivity contribution >= 4 is 17.8 Å². The van der Waals surface area contributed by atoms with Crippen molar-refractivity contribution in [2.75, 3.05) is 11.4 Å². The molecule has 0 saturated carbocycles. The summed E-state index contributed by atoms with van der Waals surface area (Å²) in [7, 11) is 0. The van der Waals surface area contributed by atoms with E-state index >= 15 is 0 Å². The second kappa shape index (κ2) is 5.09. The predicted molar refractivity (Wildman–Crippen MR) is 52.5 cm³/mol. The van der Waals surface area contributed by atoms with Crippen LogP contribution in [-0.2, 0) is 4.79 Å². The minimum Gasteiger partial charge on any atom is -0.465 e. The molecule has 1 rings (SSSR count). The first-order valence-electron chi connectivity index (χ1n) is 4.35. The summed E-state index contributed by atoms with van der Waals surface area (Å²) >= 11 is 0. The molecular formula is C10H10FNO3. The van der Waals surface area contributed by atoms with E-state index in [1.807, 2.05) is 0 Å². The summed E-state index contributed by atoms with van der Waals surface area (Å²) in [5, 5.41) is 8.83. The van der Waals surface area contributed by atoms with E-state index in [1.165, 1.54) is 0 Å². The van der Waals surface area contributed by atoms with E-state index < -0.39 is 18.6 Å². The molecule has 0 spiro atoms. The van der Waals surface area contributed by atoms with Gasteiger partial charge in [0.25, 0.3) is 0 Å². The maximum absolute atomic E-state index is 12.0. The third-order valence-corrected chi connectivity index (χ3v) is 1.83. The van der Waals surface area contributed by atoms with Gasteiger partial charge < -0.3 is 5.11 Å². The second-order valence-corrected chi connectivity index (χ2v) is 2.87. The van der Waals surface area contributed by atoms with Gasteiger partial charge in [0.1, 0.15) is 0 Å². The van der Waals surface area contributed by atoms with Crippen LogP contribution in [0.15, 0.2) is 30.3 Å². The number of hydrogen-bond donors (Lipinski definition) is 1. The number of anilines is 1. The number of hydrogen-bond acceptors (Lipinski definition) is 2. The highest BCUT2D eigenvalue weighted by Gasteiger charge is 2.14. The summed E-state index contributed by atoms with van der Waals surface area (Å²) in [6.07, 6.45) is -1.64. The van der Waals surface area contributed by atoms with Gasteiger partial charge in [0.05, 0.1) is 6.42 Å². The van der Waals surface area contributed by atoms with Crippen LogP contribution in [-0.4, -0.2) is 23.8 Å². The molecule has 0 bridgehead atoms. The Hall–Kier alpha value is -1.91. The minimum atomic E-state index is -1.52. The average molecular weight is 211 g/mol. The van der Waals surface area contributed by atoms with Crippen molar-refractivity contribution in [3.05, 3.63) is 30.3 Å². The third kappa shape index (κ3) is 3.38. The molecule has 0 aromatic heterocycles. The van der Waals surface area contributed by atoms with Gasteiger partial charge in [-0.1, -0.05) is 18.2 Å². The van der Waals surface area contributed by atoms with E-state index in [0.717, 1.165) is 4.90 Å². The van der Waals surface area contributed by atoms with E-state index in [9.17, 15) is 14.0 Å². The molecule has 0 fully saturated rings. The Morgan fingerprint density at radius 3 is 2.33 bits per heavy atom. The van der Waals surface area contributed by atoms with E-state index in [4.69, 9.17) is 5.11 Å². The Balaban J connectivity index is 2.75. The van der Waals surface area contributed by atoms with Gasteiger partial charge in [0.15, 0.2) is 0 Å². The van der Waals surface area contributed by atoms with Gasteiger partial charge in [-0.2, -0.15) is 4.39 Å². The Bertz CT molecular complexity index is 353. The minimum absolute atomic E-state index is 0.172. The lowest BCUT2D eigenvalue weighted by Crippen LogP contribution is -2.30. The molecule has 0 heterocycles. The van der Waals surface area contributed by atoms with E-state index in [1.54, 1.807) is 30.3 Å². The molecule has 0 saturated heterocycles. The summed E-state index contributed by atoms with van der Waals surface area (Å²) in [5.74, 6) is 0. The smallest absolute Gasteiger partial charge is 0.411 e. The summed E-state index contributed by atoms with van der Waals surface area (Å²) < 4.78 is 12.0. The van der Waals surface area contributed by atoms with E-state index in [-0.39, 0.29) is 6.54 Å². The van der Waals surface area contributed by atoms with Crippen LogP contribution in [0.3, 0.4) is 0 Å². The normalized spacial score (nSPS) is 9.67. The van der Waals surface area contributed by atoms with Crippen LogP contribution in [0.5, 0.6) is 0 Å². The fraction of sp³-hybridized carbons (Fsp3) is 0.200. The number of benzene rings is 1. The zero-order chi connectivity index (χ0) is 11.3. The standard InChI is InChI=1S/C10H10FNO3/c11-9(13)6-7-12(10(14)15)8-4-2-1-3-5-8/h1-5H,6-7H2,(H,14,15). The molecule has 1 N–H and O–H groups in total. The first-order valence-corrected chi connectivity index (χ1v) is 4.35. The molecule has 1 aromatic rings. The Morgan fingerprint density at radius 2 is 1.87 bits per heavy atom. The summed E-state index contributed by atoms with van der Waals surface area (Å²) in [6, 6.07) is 6.72. The van der Waals surface area contributed by atoms with Gasteiger partial charge in [-0.25, -0.2) is 4.79 Å². The van der Waals surface area contributed by atoms with Gasteiger partial charge in [-0.15, -0.1) is 0 Å². The van der Waals surface area contributed by atoms with Crippen LogP contribution < -0.4 is 4.90 Å². The van der Waals surface area contributed by atoms with Gasteiger partial charge in [-0.05, 0) is 12.1 Å². The van der Waals surface area contributed by atoms with Gasteiger partial charge >= 0.3 is 12.1 Å². The molecule has 80 valence electrons. The number of halogens is 1. The zero-order valence-electron chi connectivity index (χ0n) is 7.89. The van der Waals surface area contributed by atoms with Crippen molar-refractivity contribution in [1.82, 2.24) is 0 Å². The highest BCUT2D eigenvalue weighted by Crippen LogP contribution is 2.13. The predicted octanol–water partition coefficient (Wildman–Crippen LogP) is 2.06. The number of carbonyl (C=O) groups is 2. The van der Waals surface area contributed by atoms with Crippen molar-refractivity contribution < 1.29 is 19.1 Å². The fourth-order valence-electron chi connectivity index (χ4n) is 1.14. The van der Waals surface area contributed by atoms with Crippen LogP contribution in [0.4, 0.5) is 14.9 Å². The molecule has 5 heteroatoms.